The Balaban J connectivity index is 1.59. The Bertz CT molecular complexity index is 1170. The first-order valence-corrected chi connectivity index (χ1v) is 10.8. The third-order valence-electron chi connectivity index (χ3n) is 4.35. The molecule has 3 aromatic rings. The summed E-state index contributed by atoms with van der Waals surface area (Å²) in [6.07, 6.45) is 1.64. The van der Waals surface area contributed by atoms with Crippen LogP contribution < -0.4 is 11.1 Å². The Kier molecular flexibility index (Phi) is 4.87. The van der Waals surface area contributed by atoms with Crippen LogP contribution in [0.15, 0.2) is 49.9 Å². The number of benzene rings is 1. The maximum absolute atomic E-state index is 12.8. The van der Waals surface area contributed by atoms with Gasteiger partial charge in [0, 0.05) is 24.3 Å². The second-order valence-corrected chi connectivity index (χ2v) is 9.03. The van der Waals surface area contributed by atoms with Crippen LogP contribution in [0.5, 0.6) is 0 Å². The van der Waals surface area contributed by atoms with Crippen LogP contribution in [0.2, 0.25) is 0 Å². The van der Waals surface area contributed by atoms with E-state index in [1.165, 1.54) is 10.4 Å². The van der Waals surface area contributed by atoms with Gasteiger partial charge in [-0.15, -0.1) is 11.3 Å². The summed E-state index contributed by atoms with van der Waals surface area (Å²) in [7, 11) is -3.69. The second-order valence-electron chi connectivity index (χ2n) is 6.20. The fourth-order valence-electron chi connectivity index (χ4n) is 3.02. The van der Waals surface area contributed by atoms with Gasteiger partial charge in [0.1, 0.15) is 9.77 Å². The van der Waals surface area contributed by atoms with Crippen molar-refractivity contribution in [3.05, 3.63) is 51.1 Å². The van der Waals surface area contributed by atoms with Gasteiger partial charge >= 0.3 is 5.76 Å². The molecular formula is C17H16N4O5S2. The minimum atomic E-state index is -3.69. The van der Waals surface area contributed by atoms with Gasteiger partial charge in [-0.05, 0) is 36.4 Å². The molecule has 0 radical (unpaired) electrons. The van der Waals surface area contributed by atoms with Crippen LogP contribution in [0, 0.1) is 0 Å². The van der Waals surface area contributed by atoms with Gasteiger partial charge in [-0.3, -0.25) is 14.3 Å². The molecule has 28 heavy (non-hydrogen) atoms. The topological polar surface area (TPSA) is 125 Å². The zero-order valence-electron chi connectivity index (χ0n) is 14.5. The van der Waals surface area contributed by atoms with Gasteiger partial charge in [-0.25, -0.2) is 13.2 Å². The number of amides is 1. The number of nitrogens with zero attached hydrogens (tertiary/aromatic N) is 2. The monoisotopic (exact) mass is 420 g/mol. The fourth-order valence-corrected chi connectivity index (χ4v) is 5.83. The first kappa shape index (κ1) is 18.6. The summed E-state index contributed by atoms with van der Waals surface area (Å²) < 4.78 is 31.5. The predicted octanol–water partition coefficient (Wildman–Crippen LogP) is 2.13. The van der Waals surface area contributed by atoms with Crippen LogP contribution in [0.1, 0.15) is 22.5 Å². The molecule has 1 aromatic carbocycles. The molecule has 0 unspecified atom stereocenters. The van der Waals surface area contributed by atoms with E-state index >= 15 is 0 Å². The molecule has 2 N–H and O–H groups in total. The number of aromatic amines is 1. The number of anilines is 1. The van der Waals surface area contributed by atoms with Crippen molar-refractivity contribution in [1.82, 2.24) is 14.4 Å². The molecule has 146 valence electrons. The number of thiophene rings is 1. The Hall–Kier alpha value is -2.76. The Labute approximate surface area is 164 Å². The number of rotatable bonds is 5. The van der Waals surface area contributed by atoms with Crippen molar-refractivity contribution in [2.75, 3.05) is 18.4 Å². The first-order valence-electron chi connectivity index (χ1n) is 8.50. The summed E-state index contributed by atoms with van der Waals surface area (Å²) in [5.74, 6) is -0.965. The van der Waals surface area contributed by atoms with Crippen molar-refractivity contribution in [3.8, 4) is 11.4 Å². The number of hydrogen-bond acceptors (Lipinski definition) is 7. The fraction of sp³-hybridized carbons (Fsp3) is 0.235. The van der Waals surface area contributed by atoms with Crippen LogP contribution in [-0.4, -0.2) is 41.9 Å². The molecule has 11 heteroatoms. The molecule has 1 fully saturated rings. The number of sulfonamides is 1. The van der Waals surface area contributed by atoms with E-state index in [9.17, 15) is 18.0 Å². The largest absolute Gasteiger partial charge is 0.439 e. The molecule has 2 aromatic heterocycles. The van der Waals surface area contributed by atoms with E-state index in [0.717, 1.165) is 24.2 Å². The highest BCUT2D eigenvalue weighted by atomic mass is 32.2. The smallest absolute Gasteiger partial charge is 0.321 e. The summed E-state index contributed by atoms with van der Waals surface area (Å²) in [6, 6.07) is 8.09. The highest BCUT2D eigenvalue weighted by molar-refractivity contribution is 7.89. The molecule has 1 aliphatic heterocycles. The molecule has 0 bridgehead atoms. The lowest BCUT2D eigenvalue weighted by Gasteiger charge is -2.15. The molecule has 9 nitrogen and oxygen atoms in total. The number of aromatic nitrogens is 2. The normalized spacial score (nSPS) is 15.0. The Morgan fingerprint density at radius 3 is 2.75 bits per heavy atom. The zero-order chi connectivity index (χ0) is 19.7. The zero-order valence-corrected chi connectivity index (χ0v) is 16.2. The van der Waals surface area contributed by atoms with E-state index < -0.39 is 21.7 Å². The Morgan fingerprint density at radius 2 is 2.04 bits per heavy atom. The number of carbonyl (C=O) groups is 1. The molecule has 0 aliphatic carbocycles. The lowest BCUT2D eigenvalue weighted by Crippen LogP contribution is -2.29. The molecule has 3 heterocycles. The van der Waals surface area contributed by atoms with E-state index in [2.05, 4.69) is 20.0 Å². The van der Waals surface area contributed by atoms with Crippen molar-refractivity contribution in [3.63, 3.8) is 0 Å². The van der Waals surface area contributed by atoms with Gasteiger partial charge in [0.25, 0.3) is 5.91 Å². The SMILES string of the molecule is O=C(Nc1cccc(-c2noc(=O)[nH]2)c1)c1sccc1S(=O)(=O)N1CCCC1. The van der Waals surface area contributed by atoms with Crippen LogP contribution in [0.4, 0.5) is 5.69 Å². The summed E-state index contributed by atoms with van der Waals surface area (Å²) in [5.41, 5.74) is 0.976. The standard InChI is InChI=1S/C17H16N4O5S2/c22-16(14-13(6-9-27-14)28(24,25)21-7-1-2-8-21)18-12-5-3-4-11(10-12)15-19-17(23)26-20-15/h3-6,9-10H,1-2,7-8H2,(H,18,22)(H,19,20,23). The summed E-state index contributed by atoms with van der Waals surface area (Å²) >= 11 is 1.07. The van der Waals surface area contributed by atoms with Crippen LogP contribution in [0.3, 0.4) is 0 Å². The molecular weight excluding hydrogens is 404 g/mol. The molecule has 0 saturated carbocycles. The van der Waals surface area contributed by atoms with E-state index in [4.69, 9.17) is 0 Å². The quantitative estimate of drug-likeness (QED) is 0.651. The Morgan fingerprint density at radius 1 is 1.25 bits per heavy atom. The van der Waals surface area contributed by atoms with Gasteiger partial charge in [-0.1, -0.05) is 17.3 Å². The third-order valence-corrected chi connectivity index (χ3v) is 7.34. The first-order chi connectivity index (χ1) is 13.4. The maximum Gasteiger partial charge on any atom is 0.439 e. The lowest BCUT2D eigenvalue weighted by atomic mass is 10.2. The number of nitrogens with one attached hydrogen (secondary N) is 2. The summed E-state index contributed by atoms with van der Waals surface area (Å²) in [4.78, 5) is 26.4. The van der Waals surface area contributed by atoms with Crippen LogP contribution in [0.25, 0.3) is 11.4 Å². The molecule has 1 aliphatic rings. The van der Waals surface area contributed by atoms with Gasteiger partial charge in [0.05, 0.1) is 0 Å². The van der Waals surface area contributed by atoms with Gasteiger partial charge < -0.3 is 5.32 Å². The summed E-state index contributed by atoms with van der Waals surface area (Å²) in [5, 5.41) is 7.90. The van der Waals surface area contributed by atoms with E-state index in [1.807, 2.05) is 0 Å². The van der Waals surface area contributed by atoms with Gasteiger partial charge in [-0.2, -0.15) is 4.31 Å². The highest BCUT2D eigenvalue weighted by Gasteiger charge is 2.31. The minimum Gasteiger partial charge on any atom is -0.321 e. The van der Waals surface area contributed by atoms with Gasteiger partial charge in [0.15, 0.2) is 5.82 Å². The van der Waals surface area contributed by atoms with Crippen molar-refractivity contribution in [1.29, 1.82) is 0 Å². The second kappa shape index (κ2) is 7.34. The highest BCUT2D eigenvalue weighted by Crippen LogP contribution is 2.28. The lowest BCUT2D eigenvalue weighted by molar-refractivity contribution is 0.102. The molecule has 1 saturated heterocycles. The van der Waals surface area contributed by atoms with Crippen LogP contribution >= 0.6 is 11.3 Å². The number of H-pyrrole nitrogens is 1. The van der Waals surface area contributed by atoms with Crippen LogP contribution in [-0.2, 0) is 10.0 Å². The van der Waals surface area contributed by atoms with Crippen molar-refractivity contribution >= 4 is 33.0 Å². The molecule has 0 spiro atoms. The van der Waals surface area contributed by atoms with Crippen molar-refractivity contribution in [2.45, 2.75) is 17.7 Å². The number of hydrogen-bond donors (Lipinski definition) is 2. The van der Waals surface area contributed by atoms with E-state index in [-0.39, 0.29) is 15.6 Å². The summed E-state index contributed by atoms with van der Waals surface area (Å²) in [6.45, 7) is 0.939. The average Bonchev–Trinajstić information content (AvgIpc) is 3.43. The van der Waals surface area contributed by atoms with Crippen molar-refractivity contribution < 1.29 is 17.7 Å². The van der Waals surface area contributed by atoms with E-state index in [0.29, 0.717) is 24.3 Å². The molecule has 4 rings (SSSR count). The molecule has 0 atom stereocenters. The maximum atomic E-state index is 12.8. The number of carbonyl (C=O) groups excluding carboxylic acids is 1. The third kappa shape index (κ3) is 3.51. The van der Waals surface area contributed by atoms with Crippen molar-refractivity contribution in [2.24, 2.45) is 0 Å². The molecule has 1 amide bonds. The predicted molar refractivity (Wildman–Crippen MR) is 103 cm³/mol. The van der Waals surface area contributed by atoms with E-state index in [1.54, 1.807) is 29.6 Å². The average molecular weight is 420 g/mol. The van der Waals surface area contributed by atoms with Gasteiger partial charge in [0.2, 0.25) is 10.0 Å². The minimum absolute atomic E-state index is 0.0221.